The van der Waals surface area contributed by atoms with Gasteiger partial charge in [-0.3, -0.25) is 5.41 Å². The summed E-state index contributed by atoms with van der Waals surface area (Å²) in [4.78, 5) is 0. The number of nitrogens with two attached hydrogens (primary N) is 1. The van der Waals surface area contributed by atoms with Crippen LogP contribution in [-0.2, 0) is 0 Å². The number of hydrogen-bond donors (Lipinski definition) is 2. The number of amidine groups is 1. The Bertz CT molecular complexity index is 337. The number of benzene rings is 1. The molecule has 74 valence electrons. The molecule has 2 heteroatoms. The van der Waals surface area contributed by atoms with E-state index in [1.807, 2.05) is 50.3 Å². The maximum Gasteiger partial charge on any atom is 0.118 e. The third kappa shape index (κ3) is 2.73. The summed E-state index contributed by atoms with van der Waals surface area (Å²) in [5, 5.41) is 7.44. The lowest BCUT2D eigenvalue weighted by Gasteiger charge is -2.09. The predicted octanol–water partition coefficient (Wildman–Crippen LogP) is 2.66. The number of hydrogen-bond acceptors (Lipinski definition) is 1. The molecular formula is C12H16N2. The number of nitrogens with one attached hydrogen (secondary N) is 1. The first-order valence-corrected chi connectivity index (χ1v) is 4.72. The highest BCUT2D eigenvalue weighted by Crippen LogP contribution is 2.14. The molecule has 3 N–H and O–H groups in total. The first-order chi connectivity index (χ1) is 6.61. The van der Waals surface area contributed by atoms with Gasteiger partial charge in [0.05, 0.1) is 0 Å². The van der Waals surface area contributed by atoms with E-state index in [4.69, 9.17) is 11.1 Å². The van der Waals surface area contributed by atoms with Crippen molar-refractivity contribution in [1.29, 1.82) is 5.41 Å². The van der Waals surface area contributed by atoms with Gasteiger partial charge >= 0.3 is 0 Å². The fourth-order valence-electron chi connectivity index (χ4n) is 1.28. The monoisotopic (exact) mass is 188 g/mol. The van der Waals surface area contributed by atoms with Crippen molar-refractivity contribution in [2.45, 2.75) is 13.8 Å². The molecule has 0 amide bonds. The molecule has 0 aliphatic heterocycles. The van der Waals surface area contributed by atoms with Gasteiger partial charge in [-0.1, -0.05) is 44.2 Å². The summed E-state index contributed by atoms with van der Waals surface area (Å²) in [7, 11) is 0. The summed E-state index contributed by atoms with van der Waals surface area (Å²) in [6.45, 7) is 4.08. The van der Waals surface area contributed by atoms with Gasteiger partial charge in [0.1, 0.15) is 5.84 Å². The molecule has 1 rings (SSSR count). The molecule has 0 aromatic heterocycles. The molecule has 0 saturated carbocycles. The van der Waals surface area contributed by atoms with Crippen LogP contribution in [-0.4, -0.2) is 5.84 Å². The van der Waals surface area contributed by atoms with Gasteiger partial charge in [-0.2, -0.15) is 0 Å². The topological polar surface area (TPSA) is 49.9 Å². The molecule has 0 bridgehead atoms. The summed E-state index contributed by atoms with van der Waals surface area (Å²) in [5.41, 5.74) is 7.48. The van der Waals surface area contributed by atoms with Crippen molar-refractivity contribution in [2.24, 2.45) is 11.7 Å². The van der Waals surface area contributed by atoms with Gasteiger partial charge in [-0.05, 0) is 23.1 Å². The van der Waals surface area contributed by atoms with Gasteiger partial charge in [-0.25, -0.2) is 0 Å². The standard InChI is InChI=1S/C12H16N2/c1-9(2)11(12(13)14)8-10-6-4-3-5-7-10/h3-9H,1-2H3,(H3,13,14)/b11-8-. The summed E-state index contributed by atoms with van der Waals surface area (Å²) < 4.78 is 0. The Hall–Kier alpha value is -1.57. The van der Waals surface area contributed by atoms with E-state index >= 15 is 0 Å². The zero-order valence-corrected chi connectivity index (χ0v) is 8.62. The maximum absolute atomic E-state index is 7.44. The Labute approximate surface area is 85.0 Å². The van der Waals surface area contributed by atoms with Gasteiger partial charge in [0.2, 0.25) is 0 Å². The molecule has 0 heterocycles. The predicted molar refractivity (Wildman–Crippen MR) is 61.2 cm³/mol. The van der Waals surface area contributed by atoms with Gasteiger partial charge in [-0.15, -0.1) is 0 Å². The molecule has 1 aromatic carbocycles. The molecule has 0 saturated heterocycles. The van der Waals surface area contributed by atoms with Crippen LogP contribution in [0.5, 0.6) is 0 Å². The van der Waals surface area contributed by atoms with E-state index in [0.717, 1.165) is 11.1 Å². The van der Waals surface area contributed by atoms with E-state index in [9.17, 15) is 0 Å². The highest BCUT2D eigenvalue weighted by molar-refractivity contribution is 5.99. The second kappa shape index (κ2) is 4.61. The van der Waals surface area contributed by atoms with Crippen molar-refractivity contribution >= 4 is 11.9 Å². The molecule has 0 aliphatic rings. The SMILES string of the molecule is CC(C)/C(=C/c1ccccc1)C(=N)N. The van der Waals surface area contributed by atoms with Crippen LogP contribution in [0.2, 0.25) is 0 Å². The molecule has 0 aliphatic carbocycles. The van der Waals surface area contributed by atoms with Crippen LogP contribution >= 0.6 is 0 Å². The van der Waals surface area contributed by atoms with Crippen molar-refractivity contribution in [3.8, 4) is 0 Å². The van der Waals surface area contributed by atoms with Crippen LogP contribution in [0.1, 0.15) is 19.4 Å². The fourth-order valence-corrected chi connectivity index (χ4v) is 1.28. The molecular weight excluding hydrogens is 172 g/mol. The minimum atomic E-state index is 0.156. The molecule has 0 atom stereocenters. The van der Waals surface area contributed by atoms with Crippen molar-refractivity contribution in [3.05, 3.63) is 41.5 Å². The average Bonchev–Trinajstić information content (AvgIpc) is 2.15. The summed E-state index contributed by atoms with van der Waals surface area (Å²) in [6.07, 6.45) is 1.97. The third-order valence-electron chi connectivity index (χ3n) is 2.05. The summed E-state index contributed by atoms with van der Waals surface area (Å²) in [5.74, 6) is 0.441. The first kappa shape index (κ1) is 10.5. The summed E-state index contributed by atoms with van der Waals surface area (Å²) >= 11 is 0. The Morgan fingerprint density at radius 2 is 1.86 bits per heavy atom. The van der Waals surface area contributed by atoms with E-state index in [1.54, 1.807) is 0 Å². The van der Waals surface area contributed by atoms with Crippen molar-refractivity contribution in [1.82, 2.24) is 0 Å². The largest absolute Gasteiger partial charge is 0.384 e. The zero-order chi connectivity index (χ0) is 10.6. The molecule has 0 radical (unpaired) electrons. The Kier molecular flexibility index (Phi) is 3.46. The second-order valence-corrected chi connectivity index (χ2v) is 3.58. The van der Waals surface area contributed by atoms with Crippen LogP contribution in [0.3, 0.4) is 0 Å². The van der Waals surface area contributed by atoms with Crippen LogP contribution in [0.25, 0.3) is 6.08 Å². The fraction of sp³-hybridized carbons (Fsp3) is 0.250. The molecule has 14 heavy (non-hydrogen) atoms. The normalized spacial score (nSPS) is 11.8. The Morgan fingerprint density at radius 1 is 1.29 bits per heavy atom. The highest BCUT2D eigenvalue weighted by Gasteiger charge is 2.05. The average molecular weight is 188 g/mol. The van der Waals surface area contributed by atoms with Gasteiger partial charge in [0, 0.05) is 0 Å². The minimum Gasteiger partial charge on any atom is -0.384 e. The van der Waals surface area contributed by atoms with Gasteiger partial charge in [0.15, 0.2) is 0 Å². The van der Waals surface area contributed by atoms with Crippen molar-refractivity contribution in [2.75, 3.05) is 0 Å². The lowest BCUT2D eigenvalue weighted by Crippen LogP contribution is -2.16. The molecule has 0 fully saturated rings. The lowest BCUT2D eigenvalue weighted by molar-refractivity contribution is 0.805. The van der Waals surface area contributed by atoms with E-state index in [-0.39, 0.29) is 11.8 Å². The zero-order valence-electron chi connectivity index (χ0n) is 8.62. The van der Waals surface area contributed by atoms with Crippen LogP contribution < -0.4 is 5.73 Å². The van der Waals surface area contributed by atoms with Crippen LogP contribution in [0.15, 0.2) is 35.9 Å². The van der Waals surface area contributed by atoms with E-state index in [0.29, 0.717) is 0 Å². The number of rotatable bonds is 3. The molecule has 0 spiro atoms. The third-order valence-corrected chi connectivity index (χ3v) is 2.05. The van der Waals surface area contributed by atoms with Crippen molar-refractivity contribution < 1.29 is 0 Å². The maximum atomic E-state index is 7.44. The molecule has 0 unspecified atom stereocenters. The van der Waals surface area contributed by atoms with E-state index in [1.165, 1.54) is 0 Å². The summed E-state index contributed by atoms with van der Waals surface area (Å²) in [6, 6.07) is 9.94. The quantitative estimate of drug-likeness (QED) is 0.556. The van der Waals surface area contributed by atoms with Crippen LogP contribution in [0.4, 0.5) is 0 Å². The first-order valence-electron chi connectivity index (χ1n) is 4.72. The van der Waals surface area contributed by atoms with Crippen molar-refractivity contribution in [3.63, 3.8) is 0 Å². The van der Waals surface area contributed by atoms with Gasteiger partial charge in [0.25, 0.3) is 0 Å². The molecule has 2 nitrogen and oxygen atoms in total. The van der Waals surface area contributed by atoms with Gasteiger partial charge < -0.3 is 5.73 Å². The Balaban J connectivity index is 3.00. The van der Waals surface area contributed by atoms with E-state index < -0.39 is 0 Å². The minimum absolute atomic E-state index is 0.156. The second-order valence-electron chi connectivity index (χ2n) is 3.58. The van der Waals surface area contributed by atoms with E-state index in [2.05, 4.69) is 0 Å². The smallest absolute Gasteiger partial charge is 0.118 e. The van der Waals surface area contributed by atoms with Crippen LogP contribution in [0, 0.1) is 11.3 Å². The molecule has 1 aromatic rings. The Morgan fingerprint density at radius 3 is 2.29 bits per heavy atom. The lowest BCUT2D eigenvalue weighted by atomic mass is 9.99. The highest BCUT2D eigenvalue weighted by atomic mass is 14.7.